The number of unbranched alkanes of at least 4 members (excludes halogenated alkanes) is 10. The molecule has 0 N–H and O–H groups in total. The summed E-state index contributed by atoms with van der Waals surface area (Å²) in [5.74, 6) is 1.62. The molecular weight excluding hydrogens is 368 g/mol. The lowest BCUT2D eigenvalue weighted by Crippen LogP contribution is -1.93. The van der Waals surface area contributed by atoms with Crippen LogP contribution in [0.5, 0.6) is 5.75 Å². The molecule has 2 rings (SSSR count). The van der Waals surface area contributed by atoms with Crippen LogP contribution >= 0.6 is 0 Å². The van der Waals surface area contributed by atoms with E-state index in [9.17, 15) is 0 Å². The van der Waals surface area contributed by atoms with Gasteiger partial charge in [0.1, 0.15) is 5.75 Å². The molecule has 0 spiro atoms. The zero-order valence-corrected chi connectivity index (χ0v) is 19.1. The predicted octanol–water partition coefficient (Wildman–Crippen LogP) is 8.30. The lowest BCUT2D eigenvalue weighted by Gasteiger charge is -2.05. The van der Waals surface area contributed by atoms with Gasteiger partial charge in [-0.15, -0.1) is 0 Å². The standard InChI is InChI=1S/C27H40N2O/c1-3-5-7-9-11-12-14-16-24-22-28-27(29-23-24)25-17-19-26(20-18-25)30-21-15-13-10-8-6-4-2/h15,17-23H,3-14,16H2,1-2H3/b21-15+. The molecule has 3 heteroatoms. The zero-order valence-electron chi connectivity index (χ0n) is 19.1. The van der Waals surface area contributed by atoms with Gasteiger partial charge in [0.05, 0.1) is 6.26 Å². The van der Waals surface area contributed by atoms with E-state index < -0.39 is 0 Å². The molecular formula is C27H40N2O. The largest absolute Gasteiger partial charge is 0.465 e. The highest BCUT2D eigenvalue weighted by Crippen LogP contribution is 2.20. The molecule has 0 aliphatic carbocycles. The first-order chi connectivity index (χ1) is 14.8. The highest BCUT2D eigenvalue weighted by molar-refractivity contribution is 5.55. The second-order valence-corrected chi connectivity index (χ2v) is 8.15. The number of hydrogen-bond acceptors (Lipinski definition) is 3. The third-order valence-electron chi connectivity index (χ3n) is 5.41. The fourth-order valence-electron chi connectivity index (χ4n) is 3.49. The minimum absolute atomic E-state index is 0.774. The van der Waals surface area contributed by atoms with Crippen LogP contribution in [0.4, 0.5) is 0 Å². The van der Waals surface area contributed by atoms with Gasteiger partial charge in [0.25, 0.3) is 0 Å². The minimum Gasteiger partial charge on any atom is -0.465 e. The van der Waals surface area contributed by atoms with Crippen LogP contribution in [0, 0.1) is 0 Å². The zero-order chi connectivity index (χ0) is 21.3. The molecule has 0 saturated carbocycles. The predicted molar refractivity (Wildman–Crippen MR) is 128 cm³/mol. The number of aryl methyl sites for hydroxylation is 1. The quantitative estimate of drug-likeness (QED) is 0.207. The molecule has 0 amide bonds. The number of nitrogens with zero attached hydrogens (tertiary/aromatic N) is 2. The van der Waals surface area contributed by atoms with E-state index in [0.717, 1.165) is 30.0 Å². The molecule has 3 nitrogen and oxygen atoms in total. The van der Waals surface area contributed by atoms with E-state index in [1.165, 1.54) is 76.2 Å². The molecule has 0 aliphatic rings. The first-order valence-corrected chi connectivity index (χ1v) is 12.1. The van der Waals surface area contributed by atoms with Crippen molar-refractivity contribution in [3.63, 3.8) is 0 Å². The van der Waals surface area contributed by atoms with Gasteiger partial charge in [-0.2, -0.15) is 0 Å². The topological polar surface area (TPSA) is 35.0 Å². The van der Waals surface area contributed by atoms with Crippen LogP contribution in [-0.2, 0) is 6.42 Å². The second-order valence-electron chi connectivity index (χ2n) is 8.15. The Morgan fingerprint density at radius 1 is 0.733 bits per heavy atom. The Morgan fingerprint density at radius 3 is 2.00 bits per heavy atom. The molecule has 0 saturated heterocycles. The first-order valence-electron chi connectivity index (χ1n) is 12.1. The molecule has 1 heterocycles. The average Bonchev–Trinajstić information content (AvgIpc) is 2.79. The van der Waals surface area contributed by atoms with Crippen LogP contribution in [0.2, 0.25) is 0 Å². The molecule has 164 valence electrons. The Labute approximate surface area is 184 Å². The Morgan fingerprint density at radius 2 is 1.33 bits per heavy atom. The van der Waals surface area contributed by atoms with Gasteiger partial charge in [-0.3, -0.25) is 0 Å². The molecule has 0 atom stereocenters. The fraction of sp³-hybridized carbons (Fsp3) is 0.556. The maximum Gasteiger partial charge on any atom is 0.159 e. The highest BCUT2D eigenvalue weighted by Gasteiger charge is 2.03. The van der Waals surface area contributed by atoms with Gasteiger partial charge in [0, 0.05) is 18.0 Å². The van der Waals surface area contributed by atoms with E-state index in [4.69, 9.17) is 4.74 Å². The lowest BCUT2D eigenvalue weighted by atomic mass is 10.1. The highest BCUT2D eigenvalue weighted by atomic mass is 16.5. The van der Waals surface area contributed by atoms with Gasteiger partial charge in [0.15, 0.2) is 5.82 Å². The van der Waals surface area contributed by atoms with Crippen molar-refractivity contribution in [2.45, 2.75) is 97.3 Å². The fourth-order valence-corrected chi connectivity index (χ4v) is 3.49. The van der Waals surface area contributed by atoms with Gasteiger partial charge in [-0.25, -0.2) is 9.97 Å². The molecule has 0 fully saturated rings. The lowest BCUT2D eigenvalue weighted by molar-refractivity contribution is 0.477. The summed E-state index contributed by atoms with van der Waals surface area (Å²) in [6.45, 7) is 4.50. The molecule has 0 aliphatic heterocycles. The minimum atomic E-state index is 0.774. The summed E-state index contributed by atoms with van der Waals surface area (Å²) in [5, 5.41) is 0. The molecule has 30 heavy (non-hydrogen) atoms. The van der Waals surface area contributed by atoms with Crippen molar-refractivity contribution in [3.05, 3.63) is 54.6 Å². The van der Waals surface area contributed by atoms with Crippen molar-refractivity contribution in [1.29, 1.82) is 0 Å². The van der Waals surface area contributed by atoms with E-state index >= 15 is 0 Å². The summed E-state index contributed by atoms with van der Waals surface area (Å²) in [5.41, 5.74) is 2.25. The first kappa shape index (κ1) is 24.1. The summed E-state index contributed by atoms with van der Waals surface area (Å²) >= 11 is 0. The van der Waals surface area contributed by atoms with E-state index in [0.29, 0.717) is 0 Å². The van der Waals surface area contributed by atoms with Crippen molar-refractivity contribution in [2.75, 3.05) is 0 Å². The number of aromatic nitrogens is 2. The SMILES string of the molecule is CCCCCC/C=C/Oc1ccc(-c2ncc(CCCCCCCCC)cn2)cc1. The third kappa shape index (κ3) is 10.0. The van der Waals surface area contributed by atoms with Crippen LogP contribution in [0.3, 0.4) is 0 Å². The Hall–Kier alpha value is -2.16. The average molecular weight is 409 g/mol. The number of ether oxygens (including phenoxy) is 1. The summed E-state index contributed by atoms with van der Waals surface area (Å²) in [7, 11) is 0. The third-order valence-corrected chi connectivity index (χ3v) is 5.41. The molecule has 2 aromatic rings. The summed E-state index contributed by atoms with van der Waals surface area (Å²) < 4.78 is 5.69. The van der Waals surface area contributed by atoms with Gasteiger partial charge >= 0.3 is 0 Å². The van der Waals surface area contributed by atoms with Crippen molar-refractivity contribution >= 4 is 0 Å². The van der Waals surface area contributed by atoms with Gasteiger partial charge in [-0.1, -0.05) is 71.6 Å². The van der Waals surface area contributed by atoms with Crippen LogP contribution < -0.4 is 4.74 Å². The van der Waals surface area contributed by atoms with Crippen molar-refractivity contribution < 1.29 is 4.74 Å². The van der Waals surface area contributed by atoms with Crippen molar-refractivity contribution in [3.8, 4) is 17.1 Å². The van der Waals surface area contributed by atoms with Gasteiger partial charge < -0.3 is 4.74 Å². The van der Waals surface area contributed by atoms with Crippen LogP contribution in [0.15, 0.2) is 49.0 Å². The number of rotatable bonds is 16. The van der Waals surface area contributed by atoms with Crippen molar-refractivity contribution in [1.82, 2.24) is 9.97 Å². The molecule has 1 aromatic heterocycles. The molecule has 0 radical (unpaired) electrons. The number of hydrogen-bond donors (Lipinski definition) is 0. The number of allylic oxidation sites excluding steroid dienone is 1. The Bertz CT molecular complexity index is 692. The Kier molecular flexibility index (Phi) is 12.6. The van der Waals surface area contributed by atoms with Crippen LogP contribution in [0.25, 0.3) is 11.4 Å². The van der Waals surface area contributed by atoms with Gasteiger partial charge in [-0.05, 0) is 61.6 Å². The molecule has 1 aromatic carbocycles. The molecule has 0 bridgehead atoms. The summed E-state index contributed by atoms with van der Waals surface area (Å²) in [6.07, 6.45) is 24.5. The summed E-state index contributed by atoms with van der Waals surface area (Å²) in [4.78, 5) is 9.13. The second kappa shape index (κ2) is 15.6. The number of benzene rings is 1. The van der Waals surface area contributed by atoms with E-state index in [1.54, 1.807) is 6.26 Å². The monoisotopic (exact) mass is 408 g/mol. The van der Waals surface area contributed by atoms with E-state index in [1.807, 2.05) is 36.7 Å². The normalized spacial score (nSPS) is 11.3. The smallest absolute Gasteiger partial charge is 0.159 e. The van der Waals surface area contributed by atoms with Gasteiger partial charge in [0.2, 0.25) is 0 Å². The van der Waals surface area contributed by atoms with Crippen LogP contribution in [-0.4, -0.2) is 9.97 Å². The van der Waals surface area contributed by atoms with Crippen molar-refractivity contribution in [2.24, 2.45) is 0 Å². The Balaban J connectivity index is 1.70. The van der Waals surface area contributed by atoms with Crippen LogP contribution in [0.1, 0.15) is 96.5 Å². The molecule has 0 unspecified atom stereocenters. The maximum absolute atomic E-state index is 5.69. The maximum atomic E-state index is 5.69. The summed E-state index contributed by atoms with van der Waals surface area (Å²) in [6, 6.07) is 8.00. The van der Waals surface area contributed by atoms with E-state index in [-0.39, 0.29) is 0 Å². The van der Waals surface area contributed by atoms with E-state index in [2.05, 4.69) is 29.9 Å².